The number of H-pyrrole nitrogens is 1. The van der Waals surface area contributed by atoms with E-state index in [9.17, 15) is 0 Å². The molecule has 0 atom stereocenters. The number of hydrogen-bond donors (Lipinski definition) is 3. The molecule has 118 valence electrons. The highest BCUT2D eigenvalue weighted by atomic mass is 15.4. The van der Waals surface area contributed by atoms with Crippen molar-refractivity contribution < 1.29 is 0 Å². The maximum Gasteiger partial charge on any atom is 0.0801 e. The molecule has 0 aliphatic carbocycles. The van der Waals surface area contributed by atoms with Crippen LogP contribution in [-0.2, 0) is 0 Å². The van der Waals surface area contributed by atoms with Gasteiger partial charge in [-0.25, -0.2) is 5.84 Å². The molecule has 1 heterocycles. The highest BCUT2D eigenvalue weighted by molar-refractivity contribution is 6.08. The number of nitrogens with zero attached hydrogens (tertiary/aromatic N) is 1. The largest absolute Gasteiger partial charge is 0.403 e. The van der Waals surface area contributed by atoms with E-state index in [0.717, 1.165) is 33.4 Å². The number of anilines is 1. The van der Waals surface area contributed by atoms with Crippen LogP contribution in [0.1, 0.15) is 5.56 Å². The van der Waals surface area contributed by atoms with Crippen LogP contribution in [0.15, 0.2) is 79.0 Å². The maximum atomic E-state index is 6.36. The first-order chi connectivity index (χ1) is 11.8. The third-order valence-electron chi connectivity index (χ3n) is 4.25. The topological polar surface area (TPSA) is 71.1 Å². The van der Waals surface area contributed by atoms with Crippen LogP contribution in [0.2, 0.25) is 0 Å². The van der Waals surface area contributed by atoms with Crippen molar-refractivity contribution in [3.8, 4) is 0 Å². The molecule has 4 heteroatoms. The van der Waals surface area contributed by atoms with Crippen molar-refractivity contribution in [3.63, 3.8) is 0 Å². The van der Waals surface area contributed by atoms with Crippen molar-refractivity contribution >= 4 is 33.2 Å². The minimum atomic E-state index is 0.759. The summed E-state index contributed by atoms with van der Waals surface area (Å²) in [6, 6.07) is 24.2. The third kappa shape index (κ3) is 2.30. The van der Waals surface area contributed by atoms with Gasteiger partial charge in [-0.2, -0.15) is 0 Å². The summed E-state index contributed by atoms with van der Waals surface area (Å²) < 4.78 is 0. The van der Waals surface area contributed by atoms with E-state index in [1.54, 1.807) is 5.01 Å². The molecule has 0 fully saturated rings. The van der Waals surface area contributed by atoms with Gasteiger partial charge < -0.3 is 10.7 Å². The van der Waals surface area contributed by atoms with Crippen LogP contribution < -0.4 is 16.6 Å². The van der Waals surface area contributed by atoms with Gasteiger partial charge in [0.15, 0.2) is 0 Å². The van der Waals surface area contributed by atoms with E-state index in [2.05, 4.69) is 23.2 Å². The first kappa shape index (κ1) is 14.4. The van der Waals surface area contributed by atoms with E-state index in [4.69, 9.17) is 11.6 Å². The summed E-state index contributed by atoms with van der Waals surface area (Å²) in [7, 11) is 0. The van der Waals surface area contributed by atoms with Crippen LogP contribution in [0.3, 0.4) is 0 Å². The van der Waals surface area contributed by atoms with Crippen LogP contribution in [0.5, 0.6) is 0 Å². The predicted molar refractivity (Wildman–Crippen MR) is 101 cm³/mol. The van der Waals surface area contributed by atoms with Crippen molar-refractivity contribution in [2.24, 2.45) is 11.6 Å². The molecule has 0 aliphatic heterocycles. The second-order valence-electron chi connectivity index (χ2n) is 5.69. The Balaban J connectivity index is 1.82. The molecule has 0 spiro atoms. The summed E-state index contributed by atoms with van der Waals surface area (Å²) in [5, 5.41) is 3.94. The number of nitrogens with two attached hydrogens (primary N) is 2. The van der Waals surface area contributed by atoms with E-state index in [0.29, 0.717) is 0 Å². The van der Waals surface area contributed by atoms with E-state index in [-0.39, 0.29) is 0 Å². The monoisotopic (exact) mass is 314 g/mol. The van der Waals surface area contributed by atoms with Gasteiger partial charge in [0, 0.05) is 33.6 Å². The summed E-state index contributed by atoms with van der Waals surface area (Å²) in [6.45, 7) is 0. The molecule has 3 aromatic carbocycles. The van der Waals surface area contributed by atoms with Crippen molar-refractivity contribution in [2.45, 2.75) is 0 Å². The van der Waals surface area contributed by atoms with E-state index < -0.39 is 0 Å². The second kappa shape index (κ2) is 5.76. The molecular weight excluding hydrogens is 296 g/mol. The van der Waals surface area contributed by atoms with Crippen LogP contribution in [-0.4, -0.2) is 4.98 Å². The fourth-order valence-electron chi connectivity index (χ4n) is 3.05. The molecule has 0 radical (unpaired) electrons. The van der Waals surface area contributed by atoms with Gasteiger partial charge in [-0.3, -0.25) is 5.01 Å². The lowest BCUT2D eigenvalue weighted by atomic mass is 10.1. The molecule has 0 saturated carbocycles. The van der Waals surface area contributed by atoms with E-state index >= 15 is 0 Å². The molecule has 0 aliphatic rings. The molecule has 0 saturated heterocycles. The number of para-hydroxylation sites is 1. The van der Waals surface area contributed by atoms with Crippen molar-refractivity contribution in [2.75, 3.05) is 5.01 Å². The highest BCUT2D eigenvalue weighted by Crippen LogP contribution is 2.30. The minimum absolute atomic E-state index is 0.759. The third-order valence-corrected chi connectivity index (χ3v) is 4.25. The number of benzene rings is 3. The lowest BCUT2D eigenvalue weighted by Gasteiger charge is -2.22. The molecule has 4 aromatic rings. The minimum Gasteiger partial charge on any atom is -0.403 e. The Morgan fingerprint density at radius 2 is 1.54 bits per heavy atom. The average Bonchev–Trinajstić information content (AvgIpc) is 3.01. The van der Waals surface area contributed by atoms with Gasteiger partial charge in [0.1, 0.15) is 0 Å². The normalized spacial score (nSPS) is 12.0. The highest BCUT2D eigenvalue weighted by Gasteiger charge is 2.12. The van der Waals surface area contributed by atoms with Crippen molar-refractivity contribution in [3.05, 3.63) is 84.6 Å². The van der Waals surface area contributed by atoms with Crippen molar-refractivity contribution in [1.29, 1.82) is 0 Å². The summed E-state index contributed by atoms with van der Waals surface area (Å²) in [6.07, 6.45) is 1.54. The van der Waals surface area contributed by atoms with Gasteiger partial charge in [-0.05, 0) is 24.3 Å². The zero-order valence-electron chi connectivity index (χ0n) is 13.1. The smallest absolute Gasteiger partial charge is 0.0801 e. The van der Waals surface area contributed by atoms with E-state index in [1.165, 1.54) is 11.6 Å². The fraction of sp³-hybridized carbons (Fsp3) is 0. The van der Waals surface area contributed by atoms with E-state index in [1.807, 2.05) is 54.6 Å². The Morgan fingerprint density at radius 1 is 0.833 bits per heavy atom. The van der Waals surface area contributed by atoms with Crippen LogP contribution in [0, 0.1) is 0 Å². The van der Waals surface area contributed by atoms with Crippen LogP contribution >= 0.6 is 0 Å². The molecule has 0 bridgehead atoms. The molecule has 0 amide bonds. The molecule has 24 heavy (non-hydrogen) atoms. The zero-order chi connectivity index (χ0) is 16.5. The number of nitrogens with one attached hydrogen (secondary N) is 1. The number of fused-ring (bicyclic) bond motifs is 3. The molecular formula is C20H18N4. The van der Waals surface area contributed by atoms with Gasteiger partial charge in [0.25, 0.3) is 0 Å². The number of aromatic nitrogens is 1. The Labute approximate surface area is 140 Å². The molecule has 5 N–H and O–H groups in total. The zero-order valence-corrected chi connectivity index (χ0v) is 13.1. The first-order valence-corrected chi connectivity index (χ1v) is 7.80. The SMILES string of the molecule is N/C=C(/c1ccccc1)N(N)c1ccc2[nH]c3ccccc3c2c1. The van der Waals surface area contributed by atoms with Gasteiger partial charge in [0.05, 0.1) is 11.4 Å². The number of rotatable bonds is 3. The number of hydrogen-bond acceptors (Lipinski definition) is 3. The Morgan fingerprint density at radius 3 is 2.33 bits per heavy atom. The Bertz CT molecular complexity index is 1030. The number of hydrazine groups is 1. The molecule has 4 rings (SSSR count). The van der Waals surface area contributed by atoms with Crippen LogP contribution in [0.25, 0.3) is 27.5 Å². The average molecular weight is 314 g/mol. The fourth-order valence-corrected chi connectivity index (χ4v) is 3.05. The lowest BCUT2D eigenvalue weighted by Crippen LogP contribution is -2.29. The summed E-state index contributed by atoms with van der Waals surface area (Å²) in [4.78, 5) is 3.42. The Kier molecular flexibility index (Phi) is 3.44. The summed E-state index contributed by atoms with van der Waals surface area (Å²) in [5.74, 6) is 6.36. The Hall–Kier alpha value is -3.24. The second-order valence-corrected chi connectivity index (χ2v) is 5.69. The van der Waals surface area contributed by atoms with Gasteiger partial charge in [-0.1, -0.05) is 48.5 Å². The molecule has 4 nitrogen and oxygen atoms in total. The summed E-state index contributed by atoms with van der Waals surface area (Å²) >= 11 is 0. The number of aromatic amines is 1. The van der Waals surface area contributed by atoms with Gasteiger partial charge in [0.2, 0.25) is 0 Å². The quantitative estimate of drug-likeness (QED) is 0.396. The first-order valence-electron chi connectivity index (χ1n) is 7.80. The van der Waals surface area contributed by atoms with Gasteiger partial charge in [-0.15, -0.1) is 0 Å². The van der Waals surface area contributed by atoms with Gasteiger partial charge >= 0.3 is 0 Å². The molecule has 0 unspecified atom stereocenters. The lowest BCUT2D eigenvalue weighted by molar-refractivity contribution is 1.09. The molecule has 1 aromatic heterocycles. The standard InChI is InChI=1S/C20H18N4/c21-13-20(14-6-2-1-3-7-14)24(22)15-10-11-19-17(12-15)16-8-4-5-9-18(16)23-19/h1-13,23H,21-22H2/b20-13-. The van der Waals surface area contributed by atoms with Crippen LogP contribution in [0.4, 0.5) is 5.69 Å². The van der Waals surface area contributed by atoms with Crippen molar-refractivity contribution in [1.82, 2.24) is 4.98 Å². The predicted octanol–water partition coefficient (Wildman–Crippen LogP) is 3.96. The maximum absolute atomic E-state index is 6.36. The summed E-state index contributed by atoms with van der Waals surface area (Å²) in [5.41, 5.74) is 10.7.